The summed E-state index contributed by atoms with van der Waals surface area (Å²) in [4.78, 5) is 0. The predicted molar refractivity (Wildman–Crippen MR) is 126 cm³/mol. The van der Waals surface area contributed by atoms with Gasteiger partial charge in [-0.15, -0.1) is 0 Å². The normalized spacial score (nSPS) is 1.27. The first-order chi connectivity index (χ1) is 7.66. The van der Waals surface area contributed by atoms with E-state index in [1.54, 1.807) is 0 Å². The maximum absolute atomic E-state index is 3.44. The summed E-state index contributed by atoms with van der Waals surface area (Å²) in [6, 6.07) is 0. The van der Waals surface area contributed by atoms with Gasteiger partial charge < -0.3 is 77.7 Å². The van der Waals surface area contributed by atoms with E-state index in [0.29, 0.717) is 0 Å². The van der Waals surface area contributed by atoms with Gasteiger partial charge in [0.25, 0.3) is 0 Å². The molecule has 104 heavy (non-hydrogen) atoms. The van der Waals surface area contributed by atoms with Crippen LogP contribution in [0.2, 0.25) is 0 Å². The van der Waals surface area contributed by atoms with Crippen molar-refractivity contribution in [1.29, 1.82) is 0 Å². The first kappa shape index (κ1) is 696. The molecule has 0 bridgehead atoms. The third kappa shape index (κ3) is 868. The molecule has 0 amide bonds. The van der Waals surface area contributed by atoms with Gasteiger partial charge in [-0.25, -0.2) is 0 Å². The van der Waals surface area contributed by atoms with E-state index < -0.39 is 5.41 Å². The topological polar surface area (TPSA) is 0 Å². The smallest absolute Gasteiger partial charge is 0 e. The fraction of sp³-hybridized carbons (Fsp3) is 0.565. The van der Waals surface area contributed by atoms with Crippen LogP contribution in [-0.2, 0) is 2650 Å². The van der Waals surface area contributed by atoms with Crippen molar-refractivity contribution >= 4 is 0 Å². The molecule has 403 valence electrons. The van der Waals surface area contributed by atoms with Crippen LogP contribution in [0, 0.1) is 77.7 Å². The van der Waals surface area contributed by atoms with Crippen molar-refractivity contribution in [2.45, 2.75) is 81.1 Å². The zero-order valence-corrected chi connectivity index (χ0v) is 297. The van der Waals surface area contributed by atoms with Crippen molar-refractivity contribution < 1.29 is 2650 Å². The Balaban J connectivity index is -0.000000000159. The monoisotopic (exact) mass is 7540 g/mol. The molecule has 0 aromatic rings. The second-order valence-corrected chi connectivity index (χ2v) is 4.33. The van der Waals surface area contributed by atoms with E-state index in [1.807, 2.05) is 0 Å². The summed E-state index contributed by atoms with van der Waals surface area (Å²) in [5.74, 6) is 0. The Bertz CT molecular complexity index is 122. The SMILES string of the molecule is CCC.CCC.CCC.CCC.[CH2-]C([CH2-])([CH2-])[CH2-].[CH3-].[CH3-].[CH3-].[CH3-].[CH3-].[CH3-].[Y].[Y].[Y].[Y].[Y].[Y].[Y].[Y].[Y].[Y].[Y].[Y].[Y].[Y].[Y].[Y].[Y].[Y].[Y].[Y].[Y].[Y].[Y].[Y].[Y].[Y].[Y].[Y].[Y].[Y].[Y].[Y].[Y].[Y].[Y].[Y].[Y].[Y].[Y].[Y].[Y].[Y].[Y].[Y].[Y].[Y].[Y].[Y].[Y].[Y].[Y].[Y].[Y].[Y].[Y].[Y].[Y].[Y].[Y].[Y].[Y].[Y].[Y].[Y].[Y].[Y].[Y].[Y].[Y].[Y].[Y].[Y].[Y].[Y].[Y].[Y].[Y].[Y].[Y].[Y].[Y]. The first-order valence-electron chi connectivity index (χ1n) is 7.07. The van der Waals surface area contributed by atoms with Crippen molar-refractivity contribution in [3.63, 3.8) is 0 Å². The molecule has 81 radical (unpaired) electrons. The second-order valence-electron chi connectivity index (χ2n) is 4.33. The molecule has 0 aromatic carbocycles. The van der Waals surface area contributed by atoms with Crippen LogP contribution in [0.5, 0.6) is 0 Å². The summed E-state index contributed by atoms with van der Waals surface area (Å²) in [6.07, 6.45) is 5.00. The maximum Gasteiger partial charge on any atom is 0 e. The minimum absolute atomic E-state index is 0. The van der Waals surface area contributed by atoms with Crippen LogP contribution < -0.4 is 0 Å². The van der Waals surface area contributed by atoms with E-state index in [1.165, 1.54) is 25.7 Å². The Morgan fingerprint density at radius 3 is 0.0962 bits per heavy atom. The van der Waals surface area contributed by atoms with Crippen LogP contribution in [0.25, 0.3) is 0 Å². The van der Waals surface area contributed by atoms with Gasteiger partial charge in [0.15, 0.2) is 0 Å². The number of hydrogen-bond donors (Lipinski definition) is 0. The van der Waals surface area contributed by atoms with E-state index in [4.69, 9.17) is 0 Å². The predicted octanol–water partition coefficient (Wildman–Crippen LogP) is 9.47. The minimum Gasteiger partial charge on any atom is -0.584 e. The first-order valence-corrected chi connectivity index (χ1v) is 7.07. The molecule has 0 nitrogen and oxygen atoms in total. The molecule has 0 atom stereocenters. The van der Waals surface area contributed by atoms with Gasteiger partial charge in [0, 0.05) is 2650 Å². The fourth-order valence-electron chi connectivity index (χ4n) is 0. The number of hydrogen-bond acceptors (Lipinski definition) is 0. The molecule has 81 heteroatoms. The van der Waals surface area contributed by atoms with Crippen LogP contribution in [-0.4, -0.2) is 0 Å². The van der Waals surface area contributed by atoms with Gasteiger partial charge in [-0.1, -0.05) is 81.1 Å². The molecule has 0 N–H and O–H groups in total. The summed E-state index contributed by atoms with van der Waals surface area (Å²) in [7, 11) is 0. The van der Waals surface area contributed by atoms with Crippen molar-refractivity contribution in [3.05, 3.63) is 72.3 Å². The molecule has 0 heterocycles. The average Bonchev–Trinajstić information content (AvgIpc) is 2.04. The average molecular weight is 7540 g/mol. The molecule has 0 aliphatic carbocycles. The van der Waals surface area contributed by atoms with E-state index in [9.17, 15) is 0 Å². The van der Waals surface area contributed by atoms with E-state index in [-0.39, 0.29) is 2690 Å². The summed E-state index contributed by atoms with van der Waals surface area (Å²) >= 11 is 0. The van der Waals surface area contributed by atoms with E-state index >= 15 is 0 Å². The summed E-state index contributed by atoms with van der Waals surface area (Å²) in [6.45, 7) is 30.8. The Labute approximate surface area is 2700 Å². The Kier molecular flexibility index (Phi) is 4780. The van der Waals surface area contributed by atoms with Crippen molar-refractivity contribution in [2.24, 2.45) is 5.41 Å². The quantitative estimate of drug-likeness (QED) is 0.212. The third-order valence-corrected chi connectivity index (χ3v) is 0. The third-order valence-electron chi connectivity index (χ3n) is 0. The van der Waals surface area contributed by atoms with Gasteiger partial charge in [-0.3, -0.25) is 0 Å². The molecular weight excluding hydrogens is 7480 g/mol. The van der Waals surface area contributed by atoms with Gasteiger partial charge in [0.05, 0.1) is 0 Å². The Morgan fingerprint density at radius 2 is 0.0962 bits per heavy atom. The molecule has 0 saturated heterocycles. The Morgan fingerprint density at radius 1 is 0.0962 bits per heavy atom. The van der Waals surface area contributed by atoms with Gasteiger partial charge in [-0.05, 0) is 0 Å². The molecule has 0 rings (SSSR count). The van der Waals surface area contributed by atoms with Crippen LogP contribution in [0.3, 0.4) is 0 Å². The molecule has 0 aromatic heterocycles. The van der Waals surface area contributed by atoms with Crippen molar-refractivity contribution in [2.75, 3.05) is 0 Å². The second kappa shape index (κ2) is 713. The Hall–Kier alpha value is 89.4. The van der Waals surface area contributed by atoms with Gasteiger partial charge in [0.2, 0.25) is 0 Å². The molecule has 0 unspecified atom stereocenters. The zero-order valence-electron chi connectivity index (χ0n) is 66.9. The van der Waals surface area contributed by atoms with Crippen LogP contribution in [0.4, 0.5) is 0 Å². The summed E-state index contributed by atoms with van der Waals surface area (Å²) < 4.78 is 0. The zero-order chi connectivity index (χ0) is 15.3. The molecule has 0 fully saturated rings. The van der Waals surface area contributed by atoms with Crippen LogP contribution >= 0.6 is 0 Å². The van der Waals surface area contributed by atoms with Gasteiger partial charge >= 0.3 is 0 Å². The maximum atomic E-state index is 3.44. The molecule has 0 spiro atoms. The molecular formula is C23H58Y81-10. The fourth-order valence-corrected chi connectivity index (χ4v) is 0. The molecule has 0 saturated carbocycles. The molecule has 0 aliphatic rings. The van der Waals surface area contributed by atoms with Crippen LogP contribution in [0.1, 0.15) is 81.1 Å². The molecule has 0 aliphatic heterocycles. The standard InChI is InChI=1S/C5H8.4C3H8.6CH3.81Y/c1-5(2,3)4;4*1-3-2;;;;;;;;;;;;;;;;;;;;;;;;;;;;;;;;;;;;;;;;;;;;;;;;;;;;;;;;;;;;;;;;;;;;;;;;;;;;;;;;;;;;;;;/h1-4H2;4*3H2,1-2H3;6*1H3;;;;;;;;;;;;;;;;;;;;;;;;;;;;;;;;;;;;;;;;;;;;;;;;;;;;;;;;;;;;;;;;;;;;;;;;;;;;;;;;;/q-4;;;;;6*-1;;;;;;;;;;;;;;;;;;;;;;;;;;;;;;;;;;;;;;;;;;;;;;;;;;;;;;;;;;;;;;;;;;;;;;;;;;;;;;;;;. The number of rotatable bonds is 0. The van der Waals surface area contributed by atoms with Gasteiger partial charge in [0.1, 0.15) is 0 Å². The van der Waals surface area contributed by atoms with E-state index in [0.717, 1.165) is 0 Å². The largest absolute Gasteiger partial charge is 0.584 e. The van der Waals surface area contributed by atoms with E-state index in [2.05, 4.69) is 83.1 Å². The summed E-state index contributed by atoms with van der Waals surface area (Å²) in [5.41, 5.74) is -0.500. The van der Waals surface area contributed by atoms with Crippen molar-refractivity contribution in [1.82, 2.24) is 0 Å². The minimum atomic E-state index is -0.500. The van der Waals surface area contributed by atoms with Crippen LogP contribution in [0.15, 0.2) is 0 Å². The van der Waals surface area contributed by atoms with Gasteiger partial charge in [-0.2, -0.15) is 0 Å². The summed E-state index contributed by atoms with van der Waals surface area (Å²) in [5, 5.41) is 0. The van der Waals surface area contributed by atoms with Crippen molar-refractivity contribution in [3.8, 4) is 0 Å².